The molecule has 0 aromatic carbocycles. The SMILES string of the molecule is C[C@]12C=CC(OCCN)C=C1CC[C@@H]1[C@H]2CC[C@]2(C)C(O)CC[C@@H]12. The molecule has 4 aliphatic carbocycles. The quantitative estimate of drug-likeness (QED) is 0.779. The van der Waals surface area contributed by atoms with Gasteiger partial charge in [-0.15, -0.1) is 0 Å². The lowest BCUT2D eigenvalue weighted by Crippen LogP contribution is -2.50. The Labute approximate surface area is 146 Å². The molecule has 0 aromatic heterocycles. The average Bonchev–Trinajstić information content (AvgIpc) is 2.88. The average molecular weight is 332 g/mol. The van der Waals surface area contributed by atoms with Gasteiger partial charge in [-0.25, -0.2) is 0 Å². The van der Waals surface area contributed by atoms with Crippen LogP contribution in [0.5, 0.6) is 0 Å². The Morgan fingerprint density at radius 1 is 1.21 bits per heavy atom. The molecule has 3 N–H and O–H groups in total. The van der Waals surface area contributed by atoms with E-state index < -0.39 is 0 Å². The van der Waals surface area contributed by atoms with Crippen LogP contribution < -0.4 is 5.73 Å². The van der Waals surface area contributed by atoms with Crippen molar-refractivity contribution in [2.24, 2.45) is 34.3 Å². The molecule has 4 aliphatic rings. The lowest BCUT2D eigenvalue weighted by Gasteiger charge is -2.56. The summed E-state index contributed by atoms with van der Waals surface area (Å²) in [6, 6.07) is 0. The standard InChI is InChI=1S/C21H33NO2/c1-20-9-7-15(24-12-11-22)13-14(20)3-4-16-17-5-6-19(23)21(17,2)10-8-18(16)20/h7,9,13,15-19,23H,3-6,8,10-12,22H2,1-2H3/t15?,16-,17-,18+,19?,20-,21-/m0/s1. The molecule has 2 unspecified atom stereocenters. The Balaban J connectivity index is 1.58. The van der Waals surface area contributed by atoms with Crippen molar-refractivity contribution in [3.8, 4) is 0 Å². The van der Waals surface area contributed by atoms with Gasteiger partial charge < -0.3 is 15.6 Å². The maximum atomic E-state index is 10.5. The summed E-state index contributed by atoms with van der Waals surface area (Å²) in [5.74, 6) is 2.21. The zero-order chi connectivity index (χ0) is 16.9. The first-order chi connectivity index (χ1) is 11.5. The van der Waals surface area contributed by atoms with E-state index in [4.69, 9.17) is 10.5 Å². The highest BCUT2D eigenvalue weighted by atomic mass is 16.5. The molecule has 24 heavy (non-hydrogen) atoms. The second-order valence-electron chi connectivity index (χ2n) is 9.01. The molecule has 3 fully saturated rings. The summed E-state index contributed by atoms with van der Waals surface area (Å²) in [6.07, 6.45) is 14.2. The number of aliphatic hydroxyl groups is 1. The van der Waals surface area contributed by atoms with Gasteiger partial charge in [-0.3, -0.25) is 0 Å². The molecule has 0 bridgehead atoms. The molecule has 3 nitrogen and oxygen atoms in total. The molecule has 3 heteroatoms. The summed E-state index contributed by atoms with van der Waals surface area (Å²) in [5, 5.41) is 10.5. The normalized spacial score (nSPS) is 50.0. The van der Waals surface area contributed by atoms with Crippen LogP contribution in [0.1, 0.15) is 52.4 Å². The largest absolute Gasteiger partial charge is 0.393 e. The van der Waals surface area contributed by atoms with Crippen LogP contribution in [0.15, 0.2) is 23.8 Å². The van der Waals surface area contributed by atoms with Gasteiger partial charge in [-0.2, -0.15) is 0 Å². The number of hydrogen-bond acceptors (Lipinski definition) is 3. The van der Waals surface area contributed by atoms with E-state index in [-0.39, 0.29) is 23.0 Å². The minimum atomic E-state index is -0.0795. The van der Waals surface area contributed by atoms with E-state index in [2.05, 4.69) is 32.1 Å². The topological polar surface area (TPSA) is 55.5 Å². The second kappa shape index (κ2) is 5.96. The second-order valence-corrected chi connectivity index (χ2v) is 9.01. The number of fused-ring (bicyclic) bond motifs is 5. The first kappa shape index (κ1) is 16.8. The fourth-order valence-electron chi connectivity index (χ4n) is 6.59. The first-order valence-electron chi connectivity index (χ1n) is 9.89. The zero-order valence-electron chi connectivity index (χ0n) is 15.2. The smallest absolute Gasteiger partial charge is 0.0941 e. The monoisotopic (exact) mass is 331 g/mol. The molecule has 4 rings (SSSR count). The van der Waals surface area contributed by atoms with Crippen LogP contribution in [0, 0.1) is 28.6 Å². The van der Waals surface area contributed by atoms with Crippen LogP contribution in [-0.2, 0) is 4.74 Å². The Bertz CT molecular complexity index is 556. The molecule has 7 atom stereocenters. The highest BCUT2D eigenvalue weighted by Crippen LogP contribution is 2.64. The molecule has 0 radical (unpaired) electrons. The van der Waals surface area contributed by atoms with Crippen molar-refractivity contribution < 1.29 is 9.84 Å². The highest BCUT2D eigenvalue weighted by molar-refractivity contribution is 5.34. The van der Waals surface area contributed by atoms with Crippen LogP contribution in [0.4, 0.5) is 0 Å². The Kier molecular flexibility index (Phi) is 4.18. The summed E-state index contributed by atoms with van der Waals surface area (Å²) in [7, 11) is 0. The zero-order valence-corrected chi connectivity index (χ0v) is 15.2. The third-order valence-electron chi connectivity index (χ3n) is 8.02. The minimum absolute atomic E-state index is 0.0795. The third-order valence-corrected chi connectivity index (χ3v) is 8.02. The summed E-state index contributed by atoms with van der Waals surface area (Å²) < 4.78 is 5.84. The number of nitrogens with two attached hydrogens (primary N) is 1. The lowest BCUT2D eigenvalue weighted by molar-refractivity contribution is -0.0623. The van der Waals surface area contributed by atoms with E-state index in [9.17, 15) is 5.11 Å². The lowest BCUT2D eigenvalue weighted by atomic mass is 9.48. The van der Waals surface area contributed by atoms with Crippen LogP contribution in [0.2, 0.25) is 0 Å². The van der Waals surface area contributed by atoms with Gasteiger partial charge in [0.2, 0.25) is 0 Å². The van der Waals surface area contributed by atoms with Crippen molar-refractivity contribution in [2.75, 3.05) is 13.2 Å². The molecular formula is C21H33NO2. The number of hydrogen-bond donors (Lipinski definition) is 2. The maximum absolute atomic E-state index is 10.5. The number of ether oxygens (including phenoxy) is 1. The van der Waals surface area contributed by atoms with Gasteiger partial charge in [0.1, 0.15) is 0 Å². The Morgan fingerprint density at radius 3 is 2.83 bits per heavy atom. The molecule has 0 saturated heterocycles. The van der Waals surface area contributed by atoms with Gasteiger partial charge in [-0.05, 0) is 61.7 Å². The van der Waals surface area contributed by atoms with E-state index in [0.717, 1.165) is 18.3 Å². The fourth-order valence-corrected chi connectivity index (χ4v) is 6.59. The summed E-state index contributed by atoms with van der Waals surface area (Å²) >= 11 is 0. The Hall–Kier alpha value is -0.640. The van der Waals surface area contributed by atoms with Gasteiger partial charge in [-0.1, -0.05) is 37.6 Å². The van der Waals surface area contributed by atoms with Gasteiger partial charge in [0.05, 0.1) is 18.8 Å². The molecule has 0 aromatic rings. The summed E-state index contributed by atoms with van der Waals surface area (Å²) in [5.41, 5.74) is 7.52. The van der Waals surface area contributed by atoms with Crippen LogP contribution in [-0.4, -0.2) is 30.5 Å². The molecule has 134 valence electrons. The Morgan fingerprint density at radius 2 is 2.04 bits per heavy atom. The van der Waals surface area contributed by atoms with Gasteiger partial charge in [0.25, 0.3) is 0 Å². The molecule has 0 amide bonds. The van der Waals surface area contributed by atoms with Crippen LogP contribution in [0.3, 0.4) is 0 Å². The molecule has 0 aliphatic heterocycles. The molecule has 0 spiro atoms. The predicted molar refractivity (Wildman–Crippen MR) is 96.4 cm³/mol. The van der Waals surface area contributed by atoms with E-state index in [1.807, 2.05) is 0 Å². The molecule has 0 heterocycles. The first-order valence-corrected chi connectivity index (χ1v) is 9.89. The van der Waals surface area contributed by atoms with Crippen molar-refractivity contribution >= 4 is 0 Å². The predicted octanol–water partition coefficient (Wildman–Crippen LogP) is 3.43. The highest BCUT2D eigenvalue weighted by Gasteiger charge is 2.58. The minimum Gasteiger partial charge on any atom is -0.393 e. The van der Waals surface area contributed by atoms with Crippen molar-refractivity contribution in [1.82, 2.24) is 0 Å². The van der Waals surface area contributed by atoms with E-state index in [0.29, 0.717) is 19.1 Å². The maximum Gasteiger partial charge on any atom is 0.0941 e. The fraction of sp³-hybridized carbons (Fsp3) is 0.810. The van der Waals surface area contributed by atoms with Crippen molar-refractivity contribution in [2.45, 2.75) is 64.6 Å². The molecule has 3 saturated carbocycles. The number of aliphatic hydroxyl groups excluding tert-OH is 1. The van der Waals surface area contributed by atoms with E-state index in [1.165, 1.54) is 32.1 Å². The van der Waals surface area contributed by atoms with Gasteiger partial charge in [0, 0.05) is 12.0 Å². The van der Waals surface area contributed by atoms with Crippen molar-refractivity contribution in [3.05, 3.63) is 23.8 Å². The van der Waals surface area contributed by atoms with Crippen molar-refractivity contribution in [3.63, 3.8) is 0 Å². The number of rotatable bonds is 3. The summed E-state index contributed by atoms with van der Waals surface area (Å²) in [4.78, 5) is 0. The summed E-state index contributed by atoms with van der Waals surface area (Å²) in [6.45, 7) is 6.00. The molecular weight excluding hydrogens is 298 g/mol. The number of allylic oxidation sites excluding steroid dienone is 2. The third kappa shape index (κ3) is 2.35. The van der Waals surface area contributed by atoms with Crippen LogP contribution >= 0.6 is 0 Å². The van der Waals surface area contributed by atoms with E-state index in [1.54, 1.807) is 5.57 Å². The van der Waals surface area contributed by atoms with Crippen molar-refractivity contribution in [1.29, 1.82) is 0 Å². The van der Waals surface area contributed by atoms with Gasteiger partial charge in [0.15, 0.2) is 0 Å². The van der Waals surface area contributed by atoms with Gasteiger partial charge >= 0.3 is 0 Å². The van der Waals surface area contributed by atoms with Crippen LogP contribution in [0.25, 0.3) is 0 Å². The van der Waals surface area contributed by atoms with E-state index >= 15 is 0 Å².